The van der Waals surface area contributed by atoms with E-state index in [9.17, 15) is 18.0 Å². The van der Waals surface area contributed by atoms with Gasteiger partial charge in [-0.3, -0.25) is 4.79 Å². The highest BCUT2D eigenvalue weighted by Gasteiger charge is 2.35. The summed E-state index contributed by atoms with van der Waals surface area (Å²) in [5.74, 6) is -0.747. The zero-order valence-electron chi connectivity index (χ0n) is 14.1. The van der Waals surface area contributed by atoms with Crippen LogP contribution >= 0.6 is 23.2 Å². The normalized spacial score (nSPS) is 11.2. The number of hydrogen-bond acceptors (Lipinski definition) is 2. The summed E-state index contributed by atoms with van der Waals surface area (Å²) >= 11 is 11.5. The van der Waals surface area contributed by atoms with Gasteiger partial charge in [-0.2, -0.15) is 13.2 Å². The molecular formula is C20H12Cl2F3NO2. The third kappa shape index (κ3) is 4.97. The number of anilines is 1. The molecule has 3 aromatic carbocycles. The van der Waals surface area contributed by atoms with E-state index in [1.807, 2.05) is 0 Å². The van der Waals surface area contributed by atoms with Gasteiger partial charge in [0, 0.05) is 21.3 Å². The van der Waals surface area contributed by atoms with Crippen molar-refractivity contribution in [3.05, 3.63) is 87.9 Å². The minimum Gasteiger partial charge on any atom is -0.457 e. The van der Waals surface area contributed by atoms with Crippen LogP contribution in [-0.4, -0.2) is 5.91 Å². The molecular weight excluding hydrogens is 414 g/mol. The Morgan fingerprint density at radius 2 is 1.43 bits per heavy atom. The largest absolute Gasteiger partial charge is 0.457 e. The highest BCUT2D eigenvalue weighted by molar-refractivity contribution is 6.31. The predicted molar refractivity (Wildman–Crippen MR) is 102 cm³/mol. The predicted octanol–water partition coefficient (Wildman–Crippen LogP) is 7.06. The van der Waals surface area contributed by atoms with E-state index in [4.69, 9.17) is 27.9 Å². The molecule has 3 aromatic rings. The molecule has 0 fully saturated rings. The van der Waals surface area contributed by atoms with Crippen molar-refractivity contribution >= 4 is 34.8 Å². The zero-order valence-corrected chi connectivity index (χ0v) is 15.6. The molecule has 0 saturated carbocycles. The summed E-state index contributed by atoms with van der Waals surface area (Å²) in [5.41, 5.74) is -0.772. The third-order valence-corrected chi connectivity index (χ3v) is 4.19. The summed E-state index contributed by atoms with van der Waals surface area (Å²) in [5, 5.41) is 3.31. The van der Waals surface area contributed by atoms with Crippen LogP contribution in [0.3, 0.4) is 0 Å². The highest BCUT2D eigenvalue weighted by atomic mass is 35.5. The molecule has 1 amide bonds. The molecule has 0 heterocycles. The number of halogens is 5. The Bertz CT molecular complexity index is 988. The van der Waals surface area contributed by atoms with Crippen LogP contribution in [0.5, 0.6) is 11.5 Å². The molecule has 0 bridgehead atoms. The van der Waals surface area contributed by atoms with Crippen molar-refractivity contribution in [3.63, 3.8) is 0 Å². The van der Waals surface area contributed by atoms with Crippen molar-refractivity contribution in [2.45, 2.75) is 6.18 Å². The van der Waals surface area contributed by atoms with Gasteiger partial charge in [0.1, 0.15) is 17.1 Å². The Labute approximate surface area is 168 Å². The average Bonchev–Trinajstić information content (AvgIpc) is 2.64. The molecule has 0 radical (unpaired) electrons. The van der Waals surface area contributed by atoms with Crippen molar-refractivity contribution in [2.75, 3.05) is 5.32 Å². The molecule has 0 aliphatic carbocycles. The van der Waals surface area contributed by atoms with Gasteiger partial charge in [0.05, 0.1) is 0 Å². The van der Waals surface area contributed by atoms with E-state index < -0.39 is 17.6 Å². The summed E-state index contributed by atoms with van der Waals surface area (Å²) in [6.07, 6.45) is -4.68. The van der Waals surface area contributed by atoms with Crippen LogP contribution in [-0.2, 0) is 6.18 Å². The van der Waals surface area contributed by atoms with Gasteiger partial charge in [0.25, 0.3) is 5.91 Å². The van der Waals surface area contributed by atoms with Crippen molar-refractivity contribution < 1.29 is 22.7 Å². The van der Waals surface area contributed by atoms with Crippen molar-refractivity contribution in [1.29, 1.82) is 0 Å². The lowest BCUT2D eigenvalue weighted by molar-refractivity contribution is -0.138. The fourth-order valence-electron chi connectivity index (χ4n) is 2.35. The average molecular weight is 426 g/mol. The first kappa shape index (κ1) is 20.0. The van der Waals surface area contributed by atoms with Gasteiger partial charge in [0.2, 0.25) is 0 Å². The van der Waals surface area contributed by atoms with Crippen molar-refractivity contribution in [2.24, 2.45) is 0 Å². The summed E-state index contributed by atoms with van der Waals surface area (Å²) in [4.78, 5) is 12.2. The van der Waals surface area contributed by atoms with Gasteiger partial charge < -0.3 is 10.1 Å². The lowest BCUT2D eigenvalue weighted by atomic mass is 10.1. The van der Waals surface area contributed by atoms with E-state index in [2.05, 4.69) is 5.32 Å². The van der Waals surface area contributed by atoms with Crippen LogP contribution in [0, 0.1) is 0 Å². The van der Waals surface area contributed by atoms with Gasteiger partial charge in [-0.25, -0.2) is 0 Å². The number of hydrogen-bond donors (Lipinski definition) is 1. The topological polar surface area (TPSA) is 38.3 Å². The number of ether oxygens (including phenoxy) is 1. The molecule has 3 nitrogen and oxygen atoms in total. The Balaban J connectivity index is 1.86. The maximum Gasteiger partial charge on any atom is 0.420 e. The number of nitrogens with one attached hydrogen (secondary N) is 1. The highest BCUT2D eigenvalue weighted by Crippen LogP contribution is 2.39. The van der Waals surface area contributed by atoms with Crippen molar-refractivity contribution in [1.82, 2.24) is 0 Å². The van der Waals surface area contributed by atoms with Crippen LogP contribution in [0.15, 0.2) is 66.7 Å². The Kier molecular flexibility index (Phi) is 5.82. The van der Waals surface area contributed by atoms with Crippen LogP contribution in [0.1, 0.15) is 15.9 Å². The minimum atomic E-state index is -4.68. The monoisotopic (exact) mass is 425 g/mol. The number of benzene rings is 3. The maximum absolute atomic E-state index is 13.5. The van der Waals surface area contributed by atoms with Crippen LogP contribution in [0.4, 0.5) is 18.9 Å². The first-order chi connectivity index (χ1) is 13.2. The summed E-state index contributed by atoms with van der Waals surface area (Å²) in [6.45, 7) is 0. The molecule has 8 heteroatoms. The molecule has 0 aliphatic rings. The second kappa shape index (κ2) is 8.12. The Morgan fingerprint density at radius 1 is 0.857 bits per heavy atom. The Hall–Kier alpha value is -2.70. The van der Waals surface area contributed by atoms with Gasteiger partial charge in [-0.1, -0.05) is 23.2 Å². The Morgan fingerprint density at radius 3 is 2.00 bits per heavy atom. The van der Waals surface area contributed by atoms with Crippen LogP contribution in [0.25, 0.3) is 0 Å². The van der Waals surface area contributed by atoms with Crippen molar-refractivity contribution in [3.8, 4) is 11.5 Å². The minimum absolute atomic E-state index is 0.0178. The number of carbonyl (C=O) groups is 1. The van der Waals surface area contributed by atoms with E-state index >= 15 is 0 Å². The SMILES string of the molecule is O=C(Nc1ccc(Oc2ccc(Cl)cc2)c(C(F)(F)F)c1)c1ccc(Cl)cc1. The molecule has 1 N–H and O–H groups in total. The second-order valence-corrected chi connectivity index (χ2v) is 6.60. The van der Waals surface area contributed by atoms with E-state index in [0.29, 0.717) is 10.0 Å². The molecule has 144 valence electrons. The van der Waals surface area contributed by atoms with Gasteiger partial charge in [-0.15, -0.1) is 0 Å². The molecule has 0 aliphatic heterocycles. The summed E-state index contributed by atoms with van der Waals surface area (Å²) in [6, 6.07) is 15.2. The maximum atomic E-state index is 13.5. The third-order valence-electron chi connectivity index (χ3n) is 3.69. The van der Waals surface area contributed by atoms with Gasteiger partial charge in [0.15, 0.2) is 0 Å². The lowest BCUT2D eigenvalue weighted by Gasteiger charge is -2.16. The number of alkyl halides is 3. The number of carbonyl (C=O) groups excluding carboxylic acids is 1. The van der Waals surface area contributed by atoms with E-state index in [0.717, 1.165) is 12.1 Å². The lowest BCUT2D eigenvalue weighted by Crippen LogP contribution is -2.13. The van der Waals surface area contributed by atoms with E-state index in [1.54, 1.807) is 0 Å². The van der Waals surface area contributed by atoms with Crippen LogP contribution in [0.2, 0.25) is 10.0 Å². The second-order valence-electron chi connectivity index (χ2n) is 5.73. The van der Waals surface area contributed by atoms with Gasteiger partial charge in [-0.05, 0) is 66.7 Å². The molecule has 0 unspecified atom stereocenters. The standard InChI is InChI=1S/C20H12Cl2F3NO2/c21-13-3-1-12(2-4-13)19(27)26-15-7-10-18(17(11-15)20(23,24)25)28-16-8-5-14(22)6-9-16/h1-11H,(H,26,27). The molecule has 0 spiro atoms. The summed E-state index contributed by atoms with van der Waals surface area (Å²) < 4.78 is 45.8. The van der Waals surface area contributed by atoms with E-state index in [-0.39, 0.29) is 22.7 Å². The summed E-state index contributed by atoms with van der Waals surface area (Å²) in [7, 11) is 0. The molecule has 0 aromatic heterocycles. The molecule has 3 rings (SSSR count). The fourth-order valence-corrected chi connectivity index (χ4v) is 2.60. The number of amides is 1. The van der Waals surface area contributed by atoms with Gasteiger partial charge >= 0.3 is 6.18 Å². The van der Waals surface area contributed by atoms with Crippen LogP contribution < -0.4 is 10.1 Å². The fraction of sp³-hybridized carbons (Fsp3) is 0.0500. The zero-order chi connectivity index (χ0) is 20.3. The number of rotatable bonds is 4. The smallest absolute Gasteiger partial charge is 0.420 e. The first-order valence-electron chi connectivity index (χ1n) is 7.94. The molecule has 28 heavy (non-hydrogen) atoms. The molecule has 0 saturated heterocycles. The quantitative estimate of drug-likeness (QED) is 0.485. The molecule has 0 atom stereocenters. The first-order valence-corrected chi connectivity index (χ1v) is 8.69. The van der Waals surface area contributed by atoms with E-state index in [1.165, 1.54) is 54.6 Å².